The third-order valence-electron chi connectivity index (χ3n) is 11.8. The van der Waals surface area contributed by atoms with Crippen molar-refractivity contribution < 1.29 is 70.8 Å². The topological polar surface area (TPSA) is 293 Å². The molecular weight excluding hydrogens is 941 g/mol. The number of rotatable bonds is 23. The van der Waals surface area contributed by atoms with Gasteiger partial charge in [-0.05, 0) is 88.4 Å². The fraction of sp³-hybridized carbons (Fsp3) is 0.442. The summed E-state index contributed by atoms with van der Waals surface area (Å²) in [6.07, 6.45) is 13.5. The van der Waals surface area contributed by atoms with Crippen molar-refractivity contribution in [3.63, 3.8) is 0 Å². The lowest BCUT2D eigenvalue weighted by Gasteiger charge is -2.30. The van der Waals surface area contributed by atoms with E-state index in [0.29, 0.717) is 59.7 Å². The smallest absolute Gasteiger partial charge is 0.294 e. The van der Waals surface area contributed by atoms with E-state index in [0.717, 1.165) is 17.1 Å². The van der Waals surface area contributed by atoms with Crippen LogP contribution in [0.1, 0.15) is 83.3 Å². The Morgan fingerprint density at radius 1 is 0.742 bits per heavy atom. The molecule has 19 nitrogen and oxygen atoms in total. The minimum atomic E-state index is -4.88. The van der Waals surface area contributed by atoms with Crippen LogP contribution in [0.4, 0.5) is 11.4 Å². The van der Waals surface area contributed by atoms with Crippen LogP contribution in [0.25, 0.3) is 0 Å². The summed E-state index contributed by atoms with van der Waals surface area (Å²) >= 11 is 0. The second-order valence-electron chi connectivity index (χ2n) is 16.9. The fourth-order valence-electron chi connectivity index (χ4n) is 8.55. The Balaban J connectivity index is 1.43. The van der Waals surface area contributed by atoms with Gasteiger partial charge in [-0.15, -0.1) is 0 Å². The molecule has 3 aliphatic heterocycles. The van der Waals surface area contributed by atoms with Crippen molar-refractivity contribution in [2.24, 2.45) is 0 Å². The van der Waals surface area contributed by atoms with Crippen LogP contribution in [0.15, 0.2) is 94.4 Å². The van der Waals surface area contributed by atoms with E-state index in [9.17, 15) is 66.3 Å². The highest BCUT2D eigenvalue weighted by Crippen LogP contribution is 2.51. The summed E-state index contributed by atoms with van der Waals surface area (Å²) in [5.74, 6) is -2.18. The number of hydrogen-bond acceptors (Lipinski definition) is 13. The van der Waals surface area contributed by atoms with Gasteiger partial charge in [0.25, 0.3) is 42.2 Å². The molecule has 1 unspecified atom stereocenters. The number of amides is 3. The van der Waals surface area contributed by atoms with Gasteiger partial charge in [0.2, 0.25) is 11.6 Å². The average Bonchev–Trinajstić information content (AvgIpc) is 3.73. The normalized spacial score (nSPS) is 19.3. The number of unbranched alkanes of at least 4 members (excludes halogenated alkanes) is 3. The number of imide groups is 1. The monoisotopic (exact) mass is 994 g/mol. The van der Waals surface area contributed by atoms with E-state index >= 15 is 0 Å². The van der Waals surface area contributed by atoms with Crippen LogP contribution in [0.2, 0.25) is 0 Å². The van der Waals surface area contributed by atoms with Crippen molar-refractivity contribution in [3.8, 4) is 0 Å². The predicted octanol–water partition coefficient (Wildman–Crippen LogP) is 3.93. The zero-order valence-corrected chi connectivity index (χ0v) is 39.9. The molecule has 2 aromatic rings. The first-order chi connectivity index (χ1) is 30.6. The third-order valence-corrected chi connectivity index (χ3v) is 15.1. The van der Waals surface area contributed by atoms with Gasteiger partial charge >= 0.3 is 0 Å². The first-order valence-electron chi connectivity index (χ1n) is 21.0. The van der Waals surface area contributed by atoms with E-state index in [1.807, 2.05) is 25.7 Å². The van der Waals surface area contributed by atoms with Gasteiger partial charge in [0.1, 0.15) is 16.7 Å². The number of nitrogens with one attached hydrogen (secondary N) is 1. The molecule has 3 amide bonds. The van der Waals surface area contributed by atoms with Crippen LogP contribution in [0.5, 0.6) is 0 Å². The molecule has 4 N–H and O–H groups in total. The van der Waals surface area contributed by atoms with Crippen molar-refractivity contribution in [3.05, 3.63) is 95.8 Å². The number of carbonyl (C=O) groups is 3. The van der Waals surface area contributed by atoms with Crippen LogP contribution in [0.3, 0.4) is 0 Å². The van der Waals surface area contributed by atoms with Crippen molar-refractivity contribution in [2.75, 3.05) is 42.6 Å². The van der Waals surface area contributed by atoms with Gasteiger partial charge in [-0.1, -0.05) is 31.1 Å². The number of nitrogens with zero attached hydrogens (tertiary/aromatic N) is 3. The van der Waals surface area contributed by atoms with Gasteiger partial charge < -0.3 is 14.8 Å². The quantitative estimate of drug-likeness (QED) is 0.0403. The summed E-state index contributed by atoms with van der Waals surface area (Å²) in [6, 6.07) is 8.19. The fourth-order valence-corrected chi connectivity index (χ4v) is 10.6. The summed E-state index contributed by atoms with van der Waals surface area (Å²) in [5.41, 5.74) is 1.73. The van der Waals surface area contributed by atoms with E-state index in [1.54, 1.807) is 41.0 Å². The molecule has 3 heterocycles. The molecule has 0 saturated carbocycles. The lowest BCUT2D eigenvalue weighted by atomic mass is 9.77. The molecule has 0 bridgehead atoms. The molecule has 0 spiro atoms. The molecule has 2 aromatic carbocycles. The maximum Gasteiger partial charge on any atom is 0.294 e. The molecule has 1 atom stereocenters. The van der Waals surface area contributed by atoms with E-state index < -0.39 is 79.5 Å². The van der Waals surface area contributed by atoms with Gasteiger partial charge in [0.05, 0.1) is 26.7 Å². The summed E-state index contributed by atoms with van der Waals surface area (Å²) in [6.45, 7) is 6.16. The predicted molar refractivity (Wildman–Crippen MR) is 243 cm³/mol. The summed E-state index contributed by atoms with van der Waals surface area (Å²) in [5, 5.41) is 2.71. The number of benzene rings is 2. The van der Waals surface area contributed by atoms with Gasteiger partial charge in [-0.25, -0.2) is 8.42 Å². The van der Waals surface area contributed by atoms with Crippen LogP contribution in [0, 0.1) is 0 Å². The molecule has 0 radical (unpaired) electrons. The molecule has 0 saturated heterocycles. The Morgan fingerprint density at radius 3 is 2.02 bits per heavy atom. The van der Waals surface area contributed by atoms with Gasteiger partial charge in [0.15, 0.2) is 5.71 Å². The number of hydrogen-bond donors (Lipinski definition) is 4. The maximum atomic E-state index is 12.6. The summed E-state index contributed by atoms with van der Waals surface area (Å²) in [7, 11) is -18.0. The van der Waals surface area contributed by atoms with E-state index in [1.165, 1.54) is 30.3 Å². The Morgan fingerprint density at radius 2 is 1.38 bits per heavy atom. The summed E-state index contributed by atoms with van der Waals surface area (Å²) in [4.78, 5) is 38.3. The van der Waals surface area contributed by atoms with Crippen molar-refractivity contribution in [1.82, 2.24) is 10.2 Å². The first kappa shape index (κ1) is 52.1. The highest BCUT2D eigenvalue weighted by atomic mass is 32.2. The van der Waals surface area contributed by atoms with E-state index in [2.05, 4.69) is 5.32 Å². The Bertz CT molecular complexity index is 2850. The van der Waals surface area contributed by atoms with Crippen molar-refractivity contribution in [1.29, 1.82) is 0 Å². The molecule has 0 aliphatic carbocycles. The minimum Gasteiger partial charge on any atom is -0.744 e. The summed E-state index contributed by atoms with van der Waals surface area (Å²) < 4.78 is 138. The van der Waals surface area contributed by atoms with Crippen LogP contribution in [-0.4, -0.2) is 122 Å². The maximum absolute atomic E-state index is 12.6. The lowest BCUT2D eigenvalue weighted by Crippen LogP contribution is -2.38. The lowest BCUT2D eigenvalue weighted by molar-refractivity contribution is -0.437. The van der Waals surface area contributed by atoms with E-state index in [-0.39, 0.29) is 62.5 Å². The second kappa shape index (κ2) is 20.6. The van der Waals surface area contributed by atoms with Gasteiger partial charge in [-0.3, -0.25) is 32.9 Å². The number of fused-ring (bicyclic) bond motifs is 2. The second-order valence-corrected chi connectivity index (χ2v) is 22.9. The van der Waals surface area contributed by atoms with Gasteiger partial charge in [-0.2, -0.15) is 29.8 Å². The Hall–Kier alpha value is -4.88. The van der Waals surface area contributed by atoms with Crippen molar-refractivity contribution in [2.45, 2.75) is 92.8 Å². The Kier molecular flexibility index (Phi) is 16.2. The molecular formula is C43H54N4O15S4. The number of anilines is 1. The average molecular weight is 995 g/mol. The van der Waals surface area contributed by atoms with Crippen LogP contribution in [-0.2, 0) is 65.7 Å². The molecule has 23 heteroatoms. The first-order valence-corrected chi connectivity index (χ1v) is 27.1. The molecule has 0 fully saturated rings. The minimum absolute atomic E-state index is 0.0265. The van der Waals surface area contributed by atoms with Crippen LogP contribution < -0.4 is 10.2 Å². The zero-order valence-electron chi connectivity index (χ0n) is 36.6. The zero-order chi connectivity index (χ0) is 48.9. The molecule has 0 aromatic heterocycles. The highest BCUT2D eigenvalue weighted by molar-refractivity contribution is 7.86. The molecule has 360 valence electrons. The van der Waals surface area contributed by atoms with E-state index in [4.69, 9.17) is 0 Å². The van der Waals surface area contributed by atoms with Gasteiger partial charge in [0, 0.05) is 79.1 Å². The van der Waals surface area contributed by atoms with Crippen LogP contribution >= 0.6 is 0 Å². The SMILES string of the molecule is CC1(C)C(C=CC=CC=C2N(CCCCCC(=O)NCCN3C(=O)C=CC3=O)c3ccc(S(=O)(=O)[O-])cc3C2(C)CCCCS(=O)(=O)O)=[N+](CCCS(=O)(=O)O)c2ccc(S(=O)(=O)O)cc21. The number of carbonyl (C=O) groups excluding carboxylic acids is 3. The Labute approximate surface area is 385 Å². The molecule has 5 rings (SSSR count). The third kappa shape index (κ3) is 13.0. The molecule has 3 aliphatic rings. The van der Waals surface area contributed by atoms with Crippen molar-refractivity contribution >= 4 is 75.3 Å². The largest absolute Gasteiger partial charge is 0.744 e. The standard InChI is InChI=1S/C43H54N4O15S4/c1-42(2)33-29-31(65(57,58)59)16-18-35(33)45(25-12-28-64(54,55)56)37(42)13-6-4-7-14-38-43(3,22-9-11-27-63(51,52)53)34-30-32(66(60,61)62)17-19-36(34)46(38)24-10-5-8-15-39(48)44-23-26-47-40(49)20-21-41(47)50/h4,6-7,13-14,16-21,29-30H,5,8-12,15,22-28H2,1-3H3,(H4-,44,48,51,52,53,54,55,56,57,58,59,60,61,62). The molecule has 66 heavy (non-hydrogen) atoms. The highest BCUT2D eigenvalue weighted by Gasteiger charge is 2.45. The number of allylic oxidation sites excluding steroid dienone is 6.